The lowest BCUT2D eigenvalue weighted by atomic mass is 9.94. The Labute approximate surface area is 156 Å². The van der Waals surface area contributed by atoms with Gasteiger partial charge in [-0.25, -0.2) is 0 Å². The second-order valence-corrected chi connectivity index (χ2v) is 5.96. The molecule has 0 saturated carbocycles. The highest BCUT2D eigenvalue weighted by molar-refractivity contribution is 5.82. The fourth-order valence-electron chi connectivity index (χ4n) is 2.70. The second kappa shape index (κ2) is 9.33. The number of hydrogen-bond acceptors (Lipinski definition) is 3. The minimum Gasteiger partial charge on any atom is -0.497 e. The lowest BCUT2D eigenvalue weighted by molar-refractivity contribution is 0.415. The van der Waals surface area contributed by atoms with Crippen molar-refractivity contribution in [2.24, 2.45) is 5.73 Å². The van der Waals surface area contributed by atoms with Gasteiger partial charge in [-0.3, -0.25) is 0 Å². The Morgan fingerprint density at radius 3 is 2.50 bits per heavy atom. The maximum absolute atomic E-state index is 5.32. The van der Waals surface area contributed by atoms with Crippen molar-refractivity contribution in [3.05, 3.63) is 96.8 Å². The van der Waals surface area contributed by atoms with Gasteiger partial charge in [-0.05, 0) is 53.6 Å². The molecule has 3 heteroatoms. The highest BCUT2D eigenvalue weighted by atomic mass is 16.5. The summed E-state index contributed by atoms with van der Waals surface area (Å²) in [4.78, 5) is 0. The summed E-state index contributed by atoms with van der Waals surface area (Å²) in [6, 6.07) is 14.3. The van der Waals surface area contributed by atoms with Gasteiger partial charge in [-0.1, -0.05) is 55.6 Å². The maximum atomic E-state index is 5.32. The third-order valence-electron chi connectivity index (χ3n) is 4.06. The van der Waals surface area contributed by atoms with Gasteiger partial charge in [0.15, 0.2) is 0 Å². The first-order valence-corrected chi connectivity index (χ1v) is 8.46. The van der Waals surface area contributed by atoms with Gasteiger partial charge >= 0.3 is 0 Å². The van der Waals surface area contributed by atoms with E-state index >= 15 is 0 Å². The molecule has 0 atom stereocenters. The molecule has 0 saturated heterocycles. The lowest BCUT2D eigenvalue weighted by Crippen LogP contribution is -2.15. The number of benzene rings is 2. The third kappa shape index (κ3) is 4.90. The van der Waals surface area contributed by atoms with E-state index in [2.05, 4.69) is 55.7 Å². The predicted molar refractivity (Wildman–Crippen MR) is 112 cm³/mol. The molecule has 3 N–H and O–H groups in total. The van der Waals surface area contributed by atoms with Crippen LogP contribution >= 0.6 is 0 Å². The van der Waals surface area contributed by atoms with Crippen LogP contribution in [0.5, 0.6) is 5.75 Å². The Kier molecular flexibility index (Phi) is 6.86. The summed E-state index contributed by atoms with van der Waals surface area (Å²) in [5, 5.41) is 3.37. The van der Waals surface area contributed by atoms with Crippen LogP contribution in [0.15, 0.2) is 85.6 Å². The van der Waals surface area contributed by atoms with E-state index in [1.807, 2.05) is 24.3 Å². The summed E-state index contributed by atoms with van der Waals surface area (Å²) in [7, 11) is 1.67. The Morgan fingerprint density at radius 2 is 1.85 bits per heavy atom. The summed E-state index contributed by atoms with van der Waals surface area (Å²) in [5.41, 5.74) is 11.7. The van der Waals surface area contributed by atoms with E-state index < -0.39 is 0 Å². The summed E-state index contributed by atoms with van der Waals surface area (Å²) in [5.74, 6) is 0.842. The lowest BCUT2D eigenvalue weighted by Gasteiger charge is -2.17. The SMILES string of the molecule is C=C(/C=C\C=C/N)CNC(=C)c1c(C)cccc1-c1ccc(OC)cc1. The van der Waals surface area contributed by atoms with Gasteiger partial charge in [0.1, 0.15) is 5.75 Å². The molecule has 0 aliphatic heterocycles. The second-order valence-electron chi connectivity index (χ2n) is 5.96. The van der Waals surface area contributed by atoms with Crippen LogP contribution in [-0.2, 0) is 0 Å². The zero-order valence-corrected chi connectivity index (χ0v) is 15.5. The van der Waals surface area contributed by atoms with Gasteiger partial charge in [0.2, 0.25) is 0 Å². The number of rotatable bonds is 8. The molecule has 0 aromatic heterocycles. The third-order valence-corrected chi connectivity index (χ3v) is 4.06. The van der Waals surface area contributed by atoms with Crippen molar-refractivity contribution in [3.63, 3.8) is 0 Å². The number of nitrogens with two attached hydrogens (primary N) is 1. The number of ether oxygens (including phenoxy) is 1. The van der Waals surface area contributed by atoms with E-state index in [0.717, 1.165) is 33.7 Å². The number of methoxy groups -OCH3 is 1. The Hall–Kier alpha value is -3.20. The van der Waals surface area contributed by atoms with Crippen molar-refractivity contribution in [2.45, 2.75) is 6.92 Å². The summed E-state index contributed by atoms with van der Waals surface area (Å²) in [6.45, 7) is 11.0. The molecule has 2 aromatic rings. The number of nitrogens with one attached hydrogen (secondary N) is 1. The minimum atomic E-state index is 0.615. The van der Waals surface area contributed by atoms with Crippen molar-refractivity contribution in [3.8, 4) is 16.9 Å². The van der Waals surface area contributed by atoms with Crippen molar-refractivity contribution in [2.75, 3.05) is 13.7 Å². The van der Waals surface area contributed by atoms with Crippen LogP contribution in [-0.4, -0.2) is 13.7 Å². The van der Waals surface area contributed by atoms with Crippen molar-refractivity contribution >= 4 is 5.70 Å². The highest BCUT2D eigenvalue weighted by Crippen LogP contribution is 2.31. The molecule has 3 nitrogen and oxygen atoms in total. The minimum absolute atomic E-state index is 0.615. The summed E-state index contributed by atoms with van der Waals surface area (Å²) >= 11 is 0. The molecule has 0 radical (unpaired) electrons. The first-order valence-electron chi connectivity index (χ1n) is 8.46. The zero-order chi connectivity index (χ0) is 18.9. The van der Waals surface area contributed by atoms with E-state index in [4.69, 9.17) is 10.5 Å². The van der Waals surface area contributed by atoms with E-state index in [9.17, 15) is 0 Å². The highest BCUT2D eigenvalue weighted by Gasteiger charge is 2.11. The fraction of sp³-hybridized carbons (Fsp3) is 0.130. The largest absolute Gasteiger partial charge is 0.497 e. The Bertz CT molecular complexity index is 830. The molecule has 0 unspecified atom stereocenters. The van der Waals surface area contributed by atoms with E-state index in [1.54, 1.807) is 13.2 Å². The van der Waals surface area contributed by atoms with Crippen molar-refractivity contribution in [1.29, 1.82) is 0 Å². The van der Waals surface area contributed by atoms with Crippen LogP contribution in [0.3, 0.4) is 0 Å². The molecule has 0 heterocycles. The van der Waals surface area contributed by atoms with Gasteiger partial charge in [0.25, 0.3) is 0 Å². The number of allylic oxidation sites excluding steroid dienone is 2. The van der Waals surface area contributed by atoms with Gasteiger partial charge in [-0.2, -0.15) is 0 Å². The van der Waals surface area contributed by atoms with E-state index in [0.29, 0.717) is 6.54 Å². The van der Waals surface area contributed by atoms with Gasteiger partial charge < -0.3 is 15.8 Å². The Balaban J connectivity index is 2.22. The normalized spacial score (nSPS) is 11.0. The molecule has 0 amide bonds. The van der Waals surface area contributed by atoms with Crippen LogP contribution in [0, 0.1) is 6.92 Å². The first kappa shape index (κ1) is 19.1. The fourth-order valence-corrected chi connectivity index (χ4v) is 2.70. The van der Waals surface area contributed by atoms with Crippen LogP contribution in [0.1, 0.15) is 11.1 Å². The predicted octanol–water partition coefficient (Wildman–Crippen LogP) is 4.82. The molecule has 26 heavy (non-hydrogen) atoms. The van der Waals surface area contributed by atoms with Crippen LogP contribution in [0.2, 0.25) is 0 Å². The molecular weight excluding hydrogens is 320 g/mol. The molecule has 2 rings (SSSR count). The van der Waals surface area contributed by atoms with Gasteiger partial charge in [-0.15, -0.1) is 0 Å². The molecular formula is C23H26N2O. The molecule has 0 bridgehead atoms. The standard InChI is InChI=1S/C23H26N2O/c1-17(8-5-6-15-24)16-25-19(3)23-18(2)9-7-10-22(23)20-11-13-21(26-4)14-12-20/h5-15,25H,1,3,16,24H2,2,4H3/b8-5-,15-6-. The number of hydrogen-bond donors (Lipinski definition) is 2. The van der Waals surface area contributed by atoms with E-state index in [-0.39, 0.29) is 0 Å². The molecule has 0 aliphatic carbocycles. The zero-order valence-electron chi connectivity index (χ0n) is 15.5. The molecule has 2 aromatic carbocycles. The van der Waals surface area contributed by atoms with Crippen molar-refractivity contribution in [1.82, 2.24) is 5.32 Å². The van der Waals surface area contributed by atoms with Gasteiger partial charge in [0, 0.05) is 17.8 Å². The molecule has 0 aliphatic rings. The van der Waals surface area contributed by atoms with Crippen LogP contribution in [0.4, 0.5) is 0 Å². The summed E-state index contributed by atoms with van der Waals surface area (Å²) in [6.07, 6.45) is 7.04. The monoisotopic (exact) mass is 346 g/mol. The number of aryl methyl sites for hydroxylation is 1. The quantitative estimate of drug-likeness (QED) is 0.674. The van der Waals surface area contributed by atoms with Crippen LogP contribution in [0.25, 0.3) is 16.8 Å². The maximum Gasteiger partial charge on any atom is 0.118 e. The summed E-state index contributed by atoms with van der Waals surface area (Å²) < 4.78 is 5.25. The molecule has 134 valence electrons. The average molecular weight is 346 g/mol. The topological polar surface area (TPSA) is 47.3 Å². The first-order chi connectivity index (χ1) is 12.6. The van der Waals surface area contributed by atoms with Gasteiger partial charge in [0.05, 0.1) is 7.11 Å². The molecule has 0 spiro atoms. The smallest absolute Gasteiger partial charge is 0.118 e. The Morgan fingerprint density at radius 1 is 1.12 bits per heavy atom. The van der Waals surface area contributed by atoms with Crippen LogP contribution < -0.4 is 15.8 Å². The van der Waals surface area contributed by atoms with Crippen molar-refractivity contribution < 1.29 is 4.74 Å². The van der Waals surface area contributed by atoms with E-state index in [1.165, 1.54) is 11.8 Å². The molecule has 0 fully saturated rings. The average Bonchev–Trinajstić information content (AvgIpc) is 2.66.